The SMILES string of the molecule is Cc1cc(N2CCN(C(=O)Nc3ccccc3OCC3CCCCO3)CC2)n[nH]1. The number of aryl methyl sites for hydroxylation is 1. The van der Waals surface area contributed by atoms with Gasteiger partial charge in [-0.2, -0.15) is 5.10 Å². The Morgan fingerprint density at radius 2 is 2.10 bits per heavy atom. The van der Waals surface area contributed by atoms with Crippen LogP contribution in [0.1, 0.15) is 25.0 Å². The molecule has 2 aromatic rings. The van der Waals surface area contributed by atoms with Crippen LogP contribution in [-0.4, -0.2) is 66.6 Å². The highest BCUT2D eigenvalue weighted by Gasteiger charge is 2.23. The van der Waals surface area contributed by atoms with Crippen molar-refractivity contribution in [1.29, 1.82) is 0 Å². The van der Waals surface area contributed by atoms with E-state index in [4.69, 9.17) is 9.47 Å². The summed E-state index contributed by atoms with van der Waals surface area (Å²) in [6, 6.07) is 9.50. The summed E-state index contributed by atoms with van der Waals surface area (Å²) in [4.78, 5) is 16.8. The lowest BCUT2D eigenvalue weighted by Crippen LogP contribution is -2.50. The molecule has 1 aromatic carbocycles. The predicted octanol–water partition coefficient (Wildman–Crippen LogP) is 3.02. The molecule has 0 radical (unpaired) electrons. The predicted molar refractivity (Wildman–Crippen MR) is 112 cm³/mol. The van der Waals surface area contributed by atoms with Gasteiger partial charge in [0.15, 0.2) is 5.82 Å². The Bertz CT molecular complexity index is 810. The van der Waals surface area contributed by atoms with Crippen LogP contribution in [-0.2, 0) is 4.74 Å². The highest BCUT2D eigenvalue weighted by molar-refractivity contribution is 5.91. The van der Waals surface area contributed by atoms with E-state index in [2.05, 4.69) is 20.4 Å². The van der Waals surface area contributed by atoms with Gasteiger partial charge in [-0.15, -0.1) is 0 Å². The van der Waals surface area contributed by atoms with E-state index in [9.17, 15) is 4.79 Å². The van der Waals surface area contributed by atoms with Crippen molar-refractivity contribution in [2.24, 2.45) is 0 Å². The first kappa shape index (κ1) is 19.6. The Morgan fingerprint density at radius 3 is 2.83 bits per heavy atom. The summed E-state index contributed by atoms with van der Waals surface area (Å²) in [5.74, 6) is 1.62. The summed E-state index contributed by atoms with van der Waals surface area (Å²) in [6.07, 6.45) is 3.45. The molecule has 29 heavy (non-hydrogen) atoms. The average molecular weight is 399 g/mol. The smallest absolute Gasteiger partial charge is 0.322 e. The maximum atomic E-state index is 12.8. The van der Waals surface area contributed by atoms with E-state index in [1.165, 1.54) is 6.42 Å². The fourth-order valence-corrected chi connectivity index (χ4v) is 3.72. The van der Waals surface area contributed by atoms with Crippen LogP contribution in [0.2, 0.25) is 0 Å². The highest BCUT2D eigenvalue weighted by atomic mass is 16.5. The first-order chi connectivity index (χ1) is 14.2. The number of nitrogens with zero attached hydrogens (tertiary/aromatic N) is 3. The molecule has 2 N–H and O–H groups in total. The van der Waals surface area contributed by atoms with Gasteiger partial charge in [0, 0.05) is 44.5 Å². The Hall–Kier alpha value is -2.74. The molecule has 8 heteroatoms. The molecule has 1 unspecified atom stereocenters. The molecule has 2 fully saturated rings. The molecule has 1 atom stereocenters. The Labute approximate surface area is 171 Å². The van der Waals surface area contributed by atoms with Crippen molar-refractivity contribution in [3.8, 4) is 5.75 Å². The van der Waals surface area contributed by atoms with E-state index >= 15 is 0 Å². The number of nitrogens with one attached hydrogen (secondary N) is 2. The Morgan fingerprint density at radius 1 is 1.28 bits per heavy atom. The van der Waals surface area contributed by atoms with Crippen molar-refractivity contribution in [2.75, 3.05) is 49.6 Å². The van der Waals surface area contributed by atoms with E-state index in [0.717, 1.165) is 44.0 Å². The Balaban J connectivity index is 1.30. The molecule has 8 nitrogen and oxygen atoms in total. The number of anilines is 2. The number of carbonyl (C=O) groups is 1. The fourth-order valence-electron chi connectivity index (χ4n) is 3.72. The lowest BCUT2D eigenvalue weighted by atomic mass is 10.1. The van der Waals surface area contributed by atoms with Crippen LogP contribution >= 0.6 is 0 Å². The summed E-state index contributed by atoms with van der Waals surface area (Å²) in [7, 11) is 0. The first-order valence-electron chi connectivity index (χ1n) is 10.4. The number of hydrogen-bond acceptors (Lipinski definition) is 5. The molecule has 2 aliphatic rings. The quantitative estimate of drug-likeness (QED) is 0.808. The number of ether oxygens (including phenoxy) is 2. The second-order valence-corrected chi connectivity index (χ2v) is 7.61. The second-order valence-electron chi connectivity index (χ2n) is 7.61. The van der Waals surface area contributed by atoms with Gasteiger partial charge < -0.3 is 24.6 Å². The van der Waals surface area contributed by atoms with E-state index in [-0.39, 0.29) is 12.1 Å². The van der Waals surface area contributed by atoms with E-state index in [1.807, 2.05) is 42.2 Å². The van der Waals surface area contributed by atoms with Crippen LogP contribution in [0.4, 0.5) is 16.3 Å². The standard InChI is InChI=1S/C21H29N5O3/c1-16-14-20(24-23-16)25-9-11-26(12-10-25)21(27)22-18-7-2-3-8-19(18)29-15-17-6-4-5-13-28-17/h2-3,7-8,14,17H,4-6,9-13,15H2,1H3,(H,22,27)(H,23,24). The van der Waals surface area contributed by atoms with Gasteiger partial charge in [0.1, 0.15) is 12.4 Å². The number of rotatable bonds is 5. The molecular formula is C21H29N5O3. The van der Waals surface area contributed by atoms with Crippen LogP contribution in [0.3, 0.4) is 0 Å². The number of para-hydroxylation sites is 2. The lowest BCUT2D eigenvalue weighted by molar-refractivity contribution is -0.0109. The highest BCUT2D eigenvalue weighted by Crippen LogP contribution is 2.25. The second kappa shape index (κ2) is 9.17. The average Bonchev–Trinajstić information content (AvgIpc) is 3.20. The van der Waals surface area contributed by atoms with Gasteiger partial charge in [0.25, 0.3) is 0 Å². The maximum absolute atomic E-state index is 12.8. The van der Waals surface area contributed by atoms with Crippen LogP contribution in [0, 0.1) is 6.92 Å². The largest absolute Gasteiger partial charge is 0.489 e. The van der Waals surface area contributed by atoms with Crippen molar-refractivity contribution in [1.82, 2.24) is 15.1 Å². The van der Waals surface area contributed by atoms with Crippen molar-refractivity contribution >= 4 is 17.5 Å². The number of carbonyl (C=O) groups excluding carboxylic acids is 1. The van der Waals surface area contributed by atoms with E-state index in [1.54, 1.807) is 0 Å². The van der Waals surface area contributed by atoms with Gasteiger partial charge in [-0.1, -0.05) is 12.1 Å². The Kier molecular flexibility index (Phi) is 6.19. The summed E-state index contributed by atoms with van der Waals surface area (Å²) in [5, 5.41) is 10.3. The summed E-state index contributed by atoms with van der Waals surface area (Å²) >= 11 is 0. The van der Waals surface area contributed by atoms with Gasteiger partial charge in [-0.25, -0.2) is 4.79 Å². The molecular weight excluding hydrogens is 370 g/mol. The van der Waals surface area contributed by atoms with Gasteiger partial charge in [-0.3, -0.25) is 5.10 Å². The first-order valence-corrected chi connectivity index (χ1v) is 10.4. The normalized spacial score (nSPS) is 19.8. The van der Waals surface area contributed by atoms with Crippen molar-refractivity contribution in [2.45, 2.75) is 32.3 Å². The zero-order valence-corrected chi connectivity index (χ0v) is 16.9. The molecule has 2 amide bonds. The monoisotopic (exact) mass is 399 g/mol. The number of piperazine rings is 1. The molecule has 0 spiro atoms. The molecule has 1 aromatic heterocycles. The molecule has 0 bridgehead atoms. The molecule has 0 saturated carbocycles. The third-order valence-corrected chi connectivity index (χ3v) is 5.41. The maximum Gasteiger partial charge on any atom is 0.322 e. The number of aromatic nitrogens is 2. The number of urea groups is 1. The van der Waals surface area contributed by atoms with E-state index < -0.39 is 0 Å². The van der Waals surface area contributed by atoms with Crippen LogP contribution in [0.25, 0.3) is 0 Å². The van der Waals surface area contributed by atoms with Crippen molar-refractivity contribution in [3.05, 3.63) is 36.0 Å². The molecule has 2 saturated heterocycles. The van der Waals surface area contributed by atoms with Crippen LogP contribution in [0.15, 0.2) is 30.3 Å². The number of benzene rings is 1. The molecule has 3 heterocycles. The third-order valence-electron chi connectivity index (χ3n) is 5.41. The molecule has 2 aliphatic heterocycles. The molecule has 156 valence electrons. The summed E-state index contributed by atoms with van der Waals surface area (Å²) < 4.78 is 11.7. The topological polar surface area (TPSA) is 82.7 Å². The number of aromatic amines is 1. The van der Waals surface area contributed by atoms with Gasteiger partial charge in [0.2, 0.25) is 0 Å². The van der Waals surface area contributed by atoms with E-state index in [0.29, 0.717) is 31.1 Å². The molecule has 4 rings (SSSR count). The summed E-state index contributed by atoms with van der Waals surface area (Å²) in [5.41, 5.74) is 1.73. The van der Waals surface area contributed by atoms with Crippen molar-refractivity contribution in [3.63, 3.8) is 0 Å². The minimum Gasteiger partial charge on any atom is -0.489 e. The number of H-pyrrole nitrogens is 1. The molecule has 0 aliphatic carbocycles. The zero-order valence-electron chi connectivity index (χ0n) is 16.9. The van der Waals surface area contributed by atoms with Gasteiger partial charge in [0.05, 0.1) is 11.8 Å². The van der Waals surface area contributed by atoms with Crippen LogP contribution in [0.5, 0.6) is 5.75 Å². The van der Waals surface area contributed by atoms with Gasteiger partial charge in [-0.05, 0) is 38.3 Å². The summed E-state index contributed by atoms with van der Waals surface area (Å²) in [6.45, 7) is 6.11. The minimum atomic E-state index is -0.104. The fraction of sp³-hybridized carbons (Fsp3) is 0.524. The van der Waals surface area contributed by atoms with Crippen molar-refractivity contribution < 1.29 is 14.3 Å². The minimum absolute atomic E-state index is 0.104. The van der Waals surface area contributed by atoms with Crippen LogP contribution < -0.4 is 15.0 Å². The third kappa shape index (κ3) is 5.00. The van der Waals surface area contributed by atoms with Gasteiger partial charge >= 0.3 is 6.03 Å². The number of hydrogen-bond donors (Lipinski definition) is 2. The zero-order chi connectivity index (χ0) is 20.1. The number of amides is 2. The lowest BCUT2D eigenvalue weighted by Gasteiger charge is -2.34.